The maximum Gasteiger partial charge on any atom is 0.331 e. The summed E-state index contributed by atoms with van der Waals surface area (Å²) >= 11 is 0. The van der Waals surface area contributed by atoms with Crippen molar-refractivity contribution < 1.29 is 0 Å². The van der Waals surface area contributed by atoms with Gasteiger partial charge in [-0.2, -0.15) is 5.26 Å². The third-order valence-corrected chi connectivity index (χ3v) is 3.35. The molecule has 0 atom stereocenters. The van der Waals surface area contributed by atoms with Gasteiger partial charge in [-0.15, -0.1) is 0 Å². The fourth-order valence-corrected chi connectivity index (χ4v) is 2.12. The second kappa shape index (κ2) is 4.78. The number of pyridine rings is 1. The Morgan fingerprint density at radius 1 is 1.30 bits per heavy atom. The Morgan fingerprint density at radius 2 is 2.00 bits per heavy atom. The summed E-state index contributed by atoms with van der Waals surface area (Å²) in [6, 6.07) is 5.48. The lowest BCUT2D eigenvalue weighted by Crippen LogP contribution is -2.40. The summed E-state index contributed by atoms with van der Waals surface area (Å²) < 4.78 is 2.62. The van der Waals surface area contributed by atoms with Crippen LogP contribution in [0.3, 0.4) is 0 Å². The van der Waals surface area contributed by atoms with E-state index in [1.165, 1.54) is 10.8 Å². The van der Waals surface area contributed by atoms with Crippen LogP contribution in [0.25, 0.3) is 0 Å². The highest BCUT2D eigenvalue weighted by Gasteiger charge is 2.26. The summed E-state index contributed by atoms with van der Waals surface area (Å²) in [5.74, 6) is 0. The largest absolute Gasteiger partial charge is 0.331 e. The van der Waals surface area contributed by atoms with Crippen LogP contribution >= 0.6 is 0 Å². The van der Waals surface area contributed by atoms with E-state index in [2.05, 4.69) is 4.98 Å². The molecular weight excluding hydrogens is 256 g/mol. The van der Waals surface area contributed by atoms with E-state index in [0.717, 1.165) is 23.0 Å². The lowest BCUT2D eigenvalue weighted by Gasteiger charge is -2.10. The van der Waals surface area contributed by atoms with Gasteiger partial charge in [0.1, 0.15) is 11.6 Å². The molecule has 20 heavy (non-hydrogen) atoms. The van der Waals surface area contributed by atoms with Crippen molar-refractivity contribution >= 4 is 0 Å². The molecule has 0 unspecified atom stereocenters. The lowest BCUT2D eigenvalue weighted by molar-refractivity contribution is 0.588. The average Bonchev–Trinajstić information content (AvgIpc) is 3.29. The van der Waals surface area contributed by atoms with Crippen LogP contribution in [0.15, 0.2) is 40.3 Å². The van der Waals surface area contributed by atoms with E-state index < -0.39 is 5.56 Å². The second-order valence-corrected chi connectivity index (χ2v) is 4.82. The van der Waals surface area contributed by atoms with Gasteiger partial charge in [-0.1, -0.05) is 0 Å². The number of rotatable bonds is 3. The average molecular weight is 268 g/mol. The van der Waals surface area contributed by atoms with Crippen LogP contribution in [0.5, 0.6) is 0 Å². The molecule has 6 nitrogen and oxygen atoms in total. The standard InChI is InChI=1S/C14H12N4O2/c15-7-11-9-17(12-1-2-12)14(20)18(13(11)19)8-10-3-5-16-6-4-10/h3-6,9,12H,1-2,8H2. The molecule has 0 N–H and O–H groups in total. The van der Waals surface area contributed by atoms with Crippen LogP contribution in [0, 0.1) is 11.3 Å². The molecule has 0 amide bonds. The van der Waals surface area contributed by atoms with Crippen LogP contribution in [-0.2, 0) is 6.54 Å². The van der Waals surface area contributed by atoms with Gasteiger partial charge in [0.05, 0.1) is 6.54 Å². The molecule has 0 aliphatic heterocycles. The Kier molecular flexibility index (Phi) is 2.95. The summed E-state index contributed by atoms with van der Waals surface area (Å²) in [4.78, 5) is 28.4. The smallest absolute Gasteiger partial charge is 0.296 e. The first-order chi connectivity index (χ1) is 9.70. The number of nitrogens with zero attached hydrogens (tertiary/aromatic N) is 4. The molecule has 100 valence electrons. The van der Waals surface area contributed by atoms with E-state index in [1.54, 1.807) is 24.5 Å². The molecule has 0 spiro atoms. The van der Waals surface area contributed by atoms with Crippen LogP contribution in [0.4, 0.5) is 0 Å². The highest BCUT2D eigenvalue weighted by Crippen LogP contribution is 2.33. The third kappa shape index (κ3) is 2.14. The Morgan fingerprint density at radius 3 is 2.60 bits per heavy atom. The van der Waals surface area contributed by atoms with Gasteiger partial charge >= 0.3 is 5.69 Å². The normalized spacial score (nSPS) is 13.9. The number of aromatic nitrogens is 3. The SMILES string of the molecule is N#Cc1cn(C2CC2)c(=O)n(Cc2ccncc2)c1=O. The first-order valence-corrected chi connectivity index (χ1v) is 6.35. The van der Waals surface area contributed by atoms with Gasteiger partial charge in [0.2, 0.25) is 0 Å². The van der Waals surface area contributed by atoms with Gasteiger partial charge < -0.3 is 0 Å². The Balaban J connectivity index is 2.14. The van der Waals surface area contributed by atoms with Gasteiger partial charge in [0.25, 0.3) is 5.56 Å². The van der Waals surface area contributed by atoms with Gasteiger partial charge in [-0.3, -0.25) is 18.9 Å². The van der Waals surface area contributed by atoms with Crippen molar-refractivity contribution in [3.8, 4) is 6.07 Å². The van der Waals surface area contributed by atoms with Crippen LogP contribution in [0.1, 0.15) is 30.0 Å². The van der Waals surface area contributed by atoms with Crippen LogP contribution in [-0.4, -0.2) is 14.1 Å². The minimum atomic E-state index is -0.536. The minimum absolute atomic E-state index is 0.00514. The fourth-order valence-electron chi connectivity index (χ4n) is 2.12. The Bertz CT molecular complexity index is 795. The molecule has 0 radical (unpaired) electrons. The molecule has 2 heterocycles. The molecule has 0 aromatic carbocycles. The molecule has 1 aliphatic carbocycles. The maximum atomic E-state index is 12.3. The monoisotopic (exact) mass is 268 g/mol. The van der Waals surface area contributed by atoms with E-state index in [0.29, 0.717) is 0 Å². The lowest BCUT2D eigenvalue weighted by atomic mass is 10.2. The molecular formula is C14H12N4O2. The summed E-state index contributed by atoms with van der Waals surface area (Å²) in [5.41, 5.74) is -0.0817. The summed E-state index contributed by atoms with van der Waals surface area (Å²) in [7, 11) is 0. The summed E-state index contributed by atoms with van der Waals surface area (Å²) in [6.45, 7) is 0.155. The van der Waals surface area contributed by atoms with E-state index in [9.17, 15) is 9.59 Å². The molecule has 3 rings (SSSR count). The minimum Gasteiger partial charge on any atom is -0.296 e. The van der Waals surface area contributed by atoms with Crippen LogP contribution < -0.4 is 11.2 Å². The van der Waals surface area contributed by atoms with Crippen molar-refractivity contribution in [1.29, 1.82) is 5.26 Å². The molecule has 0 saturated heterocycles. The first-order valence-electron chi connectivity index (χ1n) is 6.35. The van der Waals surface area contributed by atoms with Crippen molar-refractivity contribution in [3.63, 3.8) is 0 Å². The molecule has 2 aromatic heterocycles. The summed E-state index contributed by atoms with van der Waals surface area (Å²) in [5, 5.41) is 9.04. The molecule has 1 fully saturated rings. The Labute approximate surface area is 114 Å². The molecule has 6 heteroatoms. The number of nitriles is 1. The molecule has 0 bridgehead atoms. The predicted octanol–water partition coefficient (Wildman–Crippen LogP) is 0.660. The van der Waals surface area contributed by atoms with Crippen LogP contribution in [0.2, 0.25) is 0 Å². The van der Waals surface area contributed by atoms with E-state index in [1.807, 2.05) is 6.07 Å². The van der Waals surface area contributed by atoms with E-state index >= 15 is 0 Å². The highest BCUT2D eigenvalue weighted by molar-refractivity contribution is 5.24. The van der Waals surface area contributed by atoms with E-state index in [-0.39, 0.29) is 23.8 Å². The van der Waals surface area contributed by atoms with Crippen molar-refractivity contribution in [2.75, 3.05) is 0 Å². The highest BCUT2D eigenvalue weighted by atomic mass is 16.2. The fraction of sp³-hybridized carbons (Fsp3) is 0.286. The van der Waals surface area contributed by atoms with Crippen molar-refractivity contribution in [2.45, 2.75) is 25.4 Å². The zero-order chi connectivity index (χ0) is 14.1. The molecule has 1 aliphatic rings. The number of hydrogen-bond donors (Lipinski definition) is 0. The zero-order valence-corrected chi connectivity index (χ0v) is 10.7. The van der Waals surface area contributed by atoms with Gasteiger partial charge in [0.15, 0.2) is 0 Å². The molecule has 1 saturated carbocycles. The predicted molar refractivity (Wildman–Crippen MR) is 71.3 cm³/mol. The topological polar surface area (TPSA) is 80.7 Å². The Hall–Kier alpha value is -2.68. The molecule has 2 aromatic rings. The summed E-state index contributed by atoms with van der Waals surface area (Å²) in [6.07, 6.45) is 6.42. The number of hydrogen-bond acceptors (Lipinski definition) is 4. The first kappa shape index (κ1) is 12.4. The van der Waals surface area contributed by atoms with Gasteiger partial charge in [-0.05, 0) is 30.5 Å². The zero-order valence-electron chi connectivity index (χ0n) is 10.7. The second-order valence-electron chi connectivity index (χ2n) is 4.82. The van der Waals surface area contributed by atoms with E-state index in [4.69, 9.17) is 5.26 Å². The quantitative estimate of drug-likeness (QED) is 0.819. The van der Waals surface area contributed by atoms with Gasteiger partial charge in [-0.25, -0.2) is 4.79 Å². The third-order valence-electron chi connectivity index (χ3n) is 3.35. The van der Waals surface area contributed by atoms with Crippen molar-refractivity contribution in [1.82, 2.24) is 14.1 Å². The van der Waals surface area contributed by atoms with Crippen molar-refractivity contribution in [2.24, 2.45) is 0 Å². The maximum absolute atomic E-state index is 12.3. The van der Waals surface area contributed by atoms with Gasteiger partial charge in [0, 0.05) is 24.6 Å². The van der Waals surface area contributed by atoms with Crippen molar-refractivity contribution in [3.05, 3.63) is 62.7 Å².